The first-order valence-electron chi connectivity index (χ1n) is 10.3. The van der Waals surface area contributed by atoms with Crippen LogP contribution in [-0.4, -0.2) is 49.4 Å². The van der Waals surface area contributed by atoms with Gasteiger partial charge in [0.25, 0.3) is 5.56 Å². The molecule has 0 spiro atoms. The van der Waals surface area contributed by atoms with Gasteiger partial charge in [0.05, 0.1) is 24.1 Å². The second kappa shape index (κ2) is 8.67. The predicted molar refractivity (Wildman–Crippen MR) is 116 cm³/mol. The number of nitrogens with zero attached hydrogens (tertiary/aromatic N) is 7. The van der Waals surface area contributed by atoms with Crippen LogP contribution in [0.1, 0.15) is 18.1 Å². The molecule has 0 aliphatic carbocycles. The van der Waals surface area contributed by atoms with E-state index in [0.29, 0.717) is 42.9 Å². The van der Waals surface area contributed by atoms with Crippen LogP contribution in [0, 0.1) is 0 Å². The summed E-state index contributed by atoms with van der Waals surface area (Å²) in [4.78, 5) is 31.6. The molecule has 0 saturated carbocycles. The number of hydrogen-bond acceptors (Lipinski definition) is 9. The van der Waals surface area contributed by atoms with Gasteiger partial charge in [-0.25, -0.2) is 15.0 Å². The molecule has 1 saturated heterocycles. The Hall–Kier alpha value is -3.92. The van der Waals surface area contributed by atoms with E-state index >= 15 is 0 Å². The van der Waals surface area contributed by atoms with Crippen molar-refractivity contribution in [3.8, 4) is 22.8 Å². The Morgan fingerprint density at radius 1 is 1.06 bits per heavy atom. The first-order valence-corrected chi connectivity index (χ1v) is 10.3. The zero-order chi connectivity index (χ0) is 21.9. The van der Waals surface area contributed by atoms with E-state index in [-0.39, 0.29) is 11.7 Å². The average molecular weight is 431 g/mol. The molecule has 0 amide bonds. The predicted octanol–water partition coefficient (Wildman–Crippen LogP) is 2.26. The molecule has 162 valence electrons. The minimum Gasteiger partial charge on any atom is -0.372 e. The lowest BCUT2D eigenvalue weighted by Crippen LogP contribution is -2.33. The number of anilines is 1. The van der Waals surface area contributed by atoms with Gasteiger partial charge in [0.1, 0.15) is 6.33 Å². The number of rotatable bonds is 4. The number of hydrogen-bond donors (Lipinski definition) is 0. The molecule has 4 heterocycles. The van der Waals surface area contributed by atoms with Gasteiger partial charge in [-0.1, -0.05) is 29.4 Å². The van der Waals surface area contributed by atoms with Gasteiger partial charge in [0.2, 0.25) is 18.2 Å². The first kappa shape index (κ1) is 20.0. The summed E-state index contributed by atoms with van der Waals surface area (Å²) in [7, 11) is 1.73. The van der Waals surface area contributed by atoms with E-state index in [1.807, 2.05) is 24.3 Å². The SMILES string of the molecule is Cn1c(N2CCOC(c3ccc(-c4ncon4)cc3)CC2)nc(-c2ccncn2)cc1=O. The molecule has 0 N–H and O–H groups in total. The van der Waals surface area contributed by atoms with Crippen LogP contribution in [-0.2, 0) is 11.8 Å². The zero-order valence-electron chi connectivity index (χ0n) is 17.5. The summed E-state index contributed by atoms with van der Waals surface area (Å²) in [5.41, 5.74) is 2.98. The van der Waals surface area contributed by atoms with E-state index in [4.69, 9.17) is 14.2 Å². The molecule has 1 atom stereocenters. The Morgan fingerprint density at radius 2 is 1.94 bits per heavy atom. The first-order chi connectivity index (χ1) is 15.7. The molecule has 4 aromatic rings. The summed E-state index contributed by atoms with van der Waals surface area (Å²) in [6.07, 6.45) is 5.10. The van der Waals surface area contributed by atoms with Crippen LogP contribution < -0.4 is 10.5 Å². The standard InChI is InChI=1S/C22H21N7O3/c1-28-20(30)12-18(17-6-8-23-13-24-17)26-22(28)29-9-7-19(31-11-10-29)15-2-4-16(5-3-15)21-25-14-32-27-21/h2-6,8,12-14,19H,7,9-11H2,1H3. The van der Waals surface area contributed by atoms with Crippen LogP contribution in [0.2, 0.25) is 0 Å². The number of aromatic nitrogens is 6. The van der Waals surface area contributed by atoms with Crippen LogP contribution in [0.4, 0.5) is 5.95 Å². The monoisotopic (exact) mass is 431 g/mol. The van der Waals surface area contributed by atoms with Crippen LogP contribution in [0.15, 0.2) is 64.6 Å². The minimum absolute atomic E-state index is 0.0543. The fourth-order valence-electron chi connectivity index (χ4n) is 3.76. The highest BCUT2D eigenvalue weighted by molar-refractivity contribution is 5.55. The van der Waals surface area contributed by atoms with Gasteiger partial charge in [-0.05, 0) is 18.1 Å². The van der Waals surface area contributed by atoms with Crippen molar-refractivity contribution in [3.63, 3.8) is 0 Å². The Kier molecular flexibility index (Phi) is 5.42. The lowest BCUT2D eigenvalue weighted by molar-refractivity contribution is 0.0647. The average Bonchev–Trinajstić information content (AvgIpc) is 3.27. The summed E-state index contributed by atoms with van der Waals surface area (Å²) < 4.78 is 12.5. The summed E-state index contributed by atoms with van der Waals surface area (Å²) in [6, 6.07) is 11.2. The lowest BCUT2D eigenvalue weighted by atomic mass is 10.0. The van der Waals surface area contributed by atoms with Crippen LogP contribution >= 0.6 is 0 Å². The largest absolute Gasteiger partial charge is 0.372 e. The summed E-state index contributed by atoms with van der Waals surface area (Å²) >= 11 is 0. The lowest BCUT2D eigenvalue weighted by Gasteiger charge is -2.23. The molecule has 5 rings (SSSR count). The topological polar surface area (TPSA) is 112 Å². The van der Waals surface area contributed by atoms with Crippen molar-refractivity contribution in [3.05, 3.63) is 71.2 Å². The molecule has 0 radical (unpaired) electrons. The smallest absolute Gasteiger partial charge is 0.255 e. The highest BCUT2D eigenvalue weighted by atomic mass is 16.5. The minimum atomic E-state index is -0.137. The van der Waals surface area contributed by atoms with Crippen LogP contribution in [0.25, 0.3) is 22.8 Å². The zero-order valence-corrected chi connectivity index (χ0v) is 17.5. The Morgan fingerprint density at radius 3 is 2.69 bits per heavy atom. The highest BCUT2D eigenvalue weighted by Crippen LogP contribution is 2.27. The maximum Gasteiger partial charge on any atom is 0.255 e. The van der Waals surface area contributed by atoms with Gasteiger partial charge in [-0.15, -0.1) is 0 Å². The molecule has 1 aliphatic rings. The fourth-order valence-corrected chi connectivity index (χ4v) is 3.76. The second-order valence-electron chi connectivity index (χ2n) is 7.45. The molecular weight excluding hydrogens is 410 g/mol. The van der Waals surface area contributed by atoms with Crippen LogP contribution in [0.3, 0.4) is 0 Å². The third-order valence-corrected chi connectivity index (χ3v) is 5.48. The van der Waals surface area contributed by atoms with E-state index in [1.165, 1.54) is 18.8 Å². The Balaban J connectivity index is 1.35. The van der Waals surface area contributed by atoms with E-state index < -0.39 is 0 Å². The van der Waals surface area contributed by atoms with Gasteiger partial charge in [0, 0.05) is 38.0 Å². The van der Waals surface area contributed by atoms with Gasteiger partial charge in [-0.2, -0.15) is 4.98 Å². The van der Waals surface area contributed by atoms with E-state index in [2.05, 4.69) is 25.0 Å². The van der Waals surface area contributed by atoms with Crippen molar-refractivity contribution in [1.29, 1.82) is 0 Å². The molecule has 32 heavy (non-hydrogen) atoms. The van der Waals surface area contributed by atoms with E-state index in [0.717, 1.165) is 17.5 Å². The maximum absolute atomic E-state index is 12.6. The van der Waals surface area contributed by atoms with Crippen molar-refractivity contribution in [1.82, 2.24) is 29.7 Å². The van der Waals surface area contributed by atoms with Gasteiger partial charge < -0.3 is 14.2 Å². The molecule has 1 fully saturated rings. The summed E-state index contributed by atoms with van der Waals surface area (Å²) in [6.45, 7) is 1.85. The second-order valence-corrected chi connectivity index (χ2v) is 7.45. The van der Waals surface area contributed by atoms with Gasteiger partial charge in [0.15, 0.2) is 0 Å². The van der Waals surface area contributed by atoms with Gasteiger partial charge in [-0.3, -0.25) is 9.36 Å². The normalized spacial score (nSPS) is 16.7. The van der Waals surface area contributed by atoms with Crippen molar-refractivity contribution in [2.75, 3.05) is 24.6 Å². The highest BCUT2D eigenvalue weighted by Gasteiger charge is 2.22. The molecule has 10 heteroatoms. The molecular formula is C22H21N7O3. The van der Waals surface area contributed by atoms with Crippen molar-refractivity contribution in [2.45, 2.75) is 12.5 Å². The Bertz CT molecular complexity index is 1240. The Labute approximate surface area is 183 Å². The fraction of sp³-hybridized carbons (Fsp3) is 0.273. The molecule has 0 bridgehead atoms. The third kappa shape index (κ3) is 4.00. The van der Waals surface area contributed by atoms with Crippen molar-refractivity contribution < 1.29 is 9.26 Å². The summed E-state index contributed by atoms with van der Waals surface area (Å²) in [5.74, 6) is 1.16. The quantitative estimate of drug-likeness (QED) is 0.480. The molecule has 1 aromatic carbocycles. The van der Waals surface area contributed by atoms with Gasteiger partial charge >= 0.3 is 0 Å². The summed E-state index contributed by atoms with van der Waals surface area (Å²) in [5, 5.41) is 3.86. The third-order valence-electron chi connectivity index (χ3n) is 5.48. The van der Waals surface area contributed by atoms with Crippen molar-refractivity contribution in [2.24, 2.45) is 7.05 Å². The van der Waals surface area contributed by atoms with E-state index in [1.54, 1.807) is 23.9 Å². The molecule has 1 aliphatic heterocycles. The number of benzene rings is 1. The molecule has 10 nitrogen and oxygen atoms in total. The molecule has 3 aromatic heterocycles. The van der Waals surface area contributed by atoms with Crippen LogP contribution in [0.5, 0.6) is 0 Å². The van der Waals surface area contributed by atoms with E-state index in [9.17, 15) is 4.79 Å². The number of ether oxygens (including phenoxy) is 1. The van der Waals surface area contributed by atoms with Crippen molar-refractivity contribution >= 4 is 5.95 Å². The molecule has 1 unspecified atom stereocenters. The maximum atomic E-state index is 12.6.